The summed E-state index contributed by atoms with van der Waals surface area (Å²) < 4.78 is 19.2. The minimum Gasteiger partial charge on any atom is -0.337 e. The van der Waals surface area contributed by atoms with Crippen LogP contribution in [-0.2, 0) is 0 Å². The Morgan fingerprint density at radius 2 is 1.66 bits per heavy atom. The van der Waals surface area contributed by atoms with Gasteiger partial charge < -0.3 is 14.3 Å². The Labute approximate surface area is 167 Å². The van der Waals surface area contributed by atoms with E-state index in [4.69, 9.17) is 4.52 Å². The lowest BCUT2D eigenvalue weighted by atomic mass is 10.1. The van der Waals surface area contributed by atoms with Gasteiger partial charge in [0.15, 0.2) is 0 Å². The van der Waals surface area contributed by atoms with Gasteiger partial charge in [0.05, 0.1) is 22.2 Å². The second-order valence-corrected chi connectivity index (χ2v) is 7.18. The molecule has 0 N–H and O–H groups in total. The number of amides is 2. The number of carbonyl (C=O) groups is 2. The normalized spacial score (nSPS) is 14.9. The fraction of sp³-hybridized carbons (Fsp3) is 0.333. The predicted molar refractivity (Wildman–Crippen MR) is 104 cm³/mol. The highest BCUT2D eigenvalue weighted by Crippen LogP contribution is 2.24. The van der Waals surface area contributed by atoms with Gasteiger partial charge in [-0.1, -0.05) is 17.3 Å². The number of hydrogen-bond acceptors (Lipinski definition) is 5. The van der Waals surface area contributed by atoms with Crippen LogP contribution in [0.15, 0.2) is 34.9 Å². The molecule has 29 heavy (non-hydrogen) atoms. The summed E-state index contributed by atoms with van der Waals surface area (Å²) in [6.07, 6.45) is 0.613. The van der Waals surface area contributed by atoms with Crippen molar-refractivity contribution < 1.29 is 18.5 Å². The lowest BCUT2D eigenvalue weighted by Crippen LogP contribution is -2.37. The maximum absolute atomic E-state index is 14.0. The Morgan fingerprint density at radius 1 is 1.00 bits per heavy atom. The standard InChI is InChI=1S/C21H21FN4O3/c1-13-12-16(18-14(2)24-29-19(18)23-13)21(28)26-9-5-8-25(10-11-26)20(27)15-6-3-4-7-17(15)22/h3-4,6-7,12H,5,8-11H2,1-2H3. The van der Waals surface area contributed by atoms with Crippen LogP contribution >= 0.6 is 0 Å². The average molecular weight is 396 g/mol. The summed E-state index contributed by atoms with van der Waals surface area (Å²) in [6, 6.07) is 7.69. The van der Waals surface area contributed by atoms with Crippen molar-refractivity contribution in [1.29, 1.82) is 0 Å². The molecule has 7 nitrogen and oxygen atoms in total. The van der Waals surface area contributed by atoms with Crippen LogP contribution in [0.3, 0.4) is 0 Å². The lowest BCUT2D eigenvalue weighted by Gasteiger charge is -2.22. The summed E-state index contributed by atoms with van der Waals surface area (Å²) in [5, 5.41) is 4.54. The molecule has 2 aromatic heterocycles. The number of carbonyl (C=O) groups excluding carboxylic acids is 2. The topological polar surface area (TPSA) is 79.5 Å². The first-order valence-electron chi connectivity index (χ1n) is 9.52. The zero-order valence-corrected chi connectivity index (χ0v) is 16.3. The third kappa shape index (κ3) is 3.57. The van der Waals surface area contributed by atoms with Gasteiger partial charge in [-0.05, 0) is 38.5 Å². The molecule has 0 aliphatic carbocycles. The molecule has 3 heterocycles. The Hall–Kier alpha value is -3.29. The van der Waals surface area contributed by atoms with Crippen molar-refractivity contribution in [2.24, 2.45) is 0 Å². The second-order valence-electron chi connectivity index (χ2n) is 7.18. The van der Waals surface area contributed by atoms with E-state index in [9.17, 15) is 14.0 Å². The largest absolute Gasteiger partial charge is 0.337 e. The van der Waals surface area contributed by atoms with Gasteiger partial charge in [0.2, 0.25) is 0 Å². The van der Waals surface area contributed by atoms with Gasteiger partial charge in [-0.15, -0.1) is 0 Å². The van der Waals surface area contributed by atoms with Gasteiger partial charge in [-0.25, -0.2) is 9.37 Å². The van der Waals surface area contributed by atoms with Crippen LogP contribution < -0.4 is 0 Å². The molecule has 1 saturated heterocycles. The van der Waals surface area contributed by atoms with Gasteiger partial charge in [0.25, 0.3) is 17.5 Å². The molecule has 4 rings (SSSR count). The van der Waals surface area contributed by atoms with Gasteiger partial charge in [0.1, 0.15) is 5.82 Å². The summed E-state index contributed by atoms with van der Waals surface area (Å²) in [7, 11) is 0. The van der Waals surface area contributed by atoms with Crippen LogP contribution in [0.1, 0.15) is 38.5 Å². The molecule has 2 amide bonds. The van der Waals surface area contributed by atoms with Gasteiger partial charge >= 0.3 is 0 Å². The number of aromatic nitrogens is 2. The number of halogens is 1. The van der Waals surface area contributed by atoms with Crippen molar-refractivity contribution in [2.45, 2.75) is 20.3 Å². The molecule has 8 heteroatoms. The molecule has 1 aromatic carbocycles. The van der Waals surface area contributed by atoms with Gasteiger partial charge in [-0.2, -0.15) is 0 Å². The SMILES string of the molecule is Cc1cc(C(=O)N2CCCN(C(=O)c3ccccc3F)CC2)c2c(C)noc2n1. The van der Waals surface area contributed by atoms with E-state index < -0.39 is 5.82 Å². The van der Waals surface area contributed by atoms with E-state index in [0.29, 0.717) is 60.7 Å². The number of pyridine rings is 1. The first-order chi connectivity index (χ1) is 14.0. The van der Waals surface area contributed by atoms with Crippen LogP contribution in [0.5, 0.6) is 0 Å². The molecule has 0 bridgehead atoms. The van der Waals surface area contributed by atoms with Gasteiger partial charge in [-0.3, -0.25) is 9.59 Å². The molecule has 150 valence electrons. The maximum Gasteiger partial charge on any atom is 0.258 e. The van der Waals surface area contributed by atoms with Crippen molar-refractivity contribution in [3.05, 3.63) is 58.7 Å². The van der Waals surface area contributed by atoms with Crippen molar-refractivity contribution >= 4 is 22.9 Å². The highest BCUT2D eigenvalue weighted by atomic mass is 19.1. The molecular weight excluding hydrogens is 375 g/mol. The van der Waals surface area contributed by atoms with Crippen LogP contribution in [-0.4, -0.2) is 57.9 Å². The monoisotopic (exact) mass is 396 g/mol. The zero-order valence-electron chi connectivity index (χ0n) is 16.3. The molecule has 3 aromatic rings. The molecular formula is C21H21FN4O3. The van der Waals surface area contributed by atoms with Crippen molar-refractivity contribution in [3.8, 4) is 0 Å². The van der Waals surface area contributed by atoms with Crippen molar-refractivity contribution in [1.82, 2.24) is 19.9 Å². The third-order valence-electron chi connectivity index (χ3n) is 5.15. The number of benzene rings is 1. The zero-order chi connectivity index (χ0) is 20.5. The van der Waals surface area contributed by atoms with Crippen molar-refractivity contribution in [3.63, 3.8) is 0 Å². The fourth-order valence-corrected chi connectivity index (χ4v) is 3.69. The molecule has 1 aliphatic heterocycles. The number of hydrogen-bond donors (Lipinski definition) is 0. The molecule has 0 saturated carbocycles. The number of nitrogens with zero attached hydrogens (tertiary/aromatic N) is 4. The van der Waals surface area contributed by atoms with E-state index in [1.165, 1.54) is 12.1 Å². The van der Waals surface area contributed by atoms with E-state index in [0.717, 1.165) is 0 Å². The number of fused-ring (bicyclic) bond motifs is 1. The van der Waals surface area contributed by atoms with Crippen LogP contribution in [0, 0.1) is 19.7 Å². The third-order valence-corrected chi connectivity index (χ3v) is 5.15. The summed E-state index contributed by atoms with van der Waals surface area (Å²) in [6.45, 7) is 5.25. The van der Waals surface area contributed by atoms with Gasteiger partial charge in [0, 0.05) is 31.9 Å². The van der Waals surface area contributed by atoms with E-state index in [-0.39, 0.29) is 17.4 Å². The first kappa shape index (κ1) is 19.0. The second kappa shape index (κ2) is 7.62. The fourth-order valence-electron chi connectivity index (χ4n) is 3.69. The summed E-state index contributed by atoms with van der Waals surface area (Å²) in [5.41, 5.74) is 2.18. The molecule has 0 spiro atoms. The molecule has 0 atom stereocenters. The Bertz CT molecular complexity index is 1090. The minimum atomic E-state index is -0.535. The quantitative estimate of drug-likeness (QED) is 0.665. The van der Waals surface area contributed by atoms with E-state index >= 15 is 0 Å². The lowest BCUT2D eigenvalue weighted by molar-refractivity contribution is 0.0717. The minimum absolute atomic E-state index is 0.0545. The number of aryl methyl sites for hydroxylation is 2. The highest BCUT2D eigenvalue weighted by molar-refractivity contribution is 6.06. The number of rotatable bonds is 2. The summed E-state index contributed by atoms with van der Waals surface area (Å²) in [4.78, 5) is 33.5. The molecule has 1 fully saturated rings. The summed E-state index contributed by atoms with van der Waals surface area (Å²) in [5.74, 6) is -1.03. The molecule has 1 aliphatic rings. The Kier molecular flexibility index (Phi) is 5.00. The maximum atomic E-state index is 14.0. The van der Waals surface area contributed by atoms with Crippen molar-refractivity contribution in [2.75, 3.05) is 26.2 Å². The van der Waals surface area contributed by atoms with Crippen LogP contribution in [0.2, 0.25) is 0 Å². The Morgan fingerprint density at radius 3 is 2.34 bits per heavy atom. The molecule has 0 radical (unpaired) electrons. The predicted octanol–water partition coefficient (Wildman–Crippen LogP) is 2.97. The highest BCUT2D eigenvalue weighted by Gasteiger charge is 2.27. The smallest absolute Gasteiger partial charge is 0.258 e. The van der Waals surface area contributed by atoms with Crippen LogP contribution in [0.4, 0.5) is 4.39 Å². The Balaban J connectivity index is 1.55. The van der Waals surface area contributed by atoms with Crippen LogP contribution in [0.25, 0.3) is 11.1 Å². The van der Waals surface area contributed by atoms with E-state index in [1.54, 1.807) is 41.8 Å². The summed E-state index contributed by atoms with van der Waals surface area (Å²) >= 11 is 0. The van der Waals surface area contributed by atoms with E-state index in [2.05, 4.69) is 10.1 Å². The first-order valence-corrected chi connectivity index (χ1v) is 9.52. The van der Waals surface area contributed by atoms with E-state index in [1.807, 2.05) is 0 Å². The molecule has 0 unspecified atom stereocenters. The average Bonchev–Trinajstić information content (AvgIpc) is 2.92.